The van der Waals surface area contributed by atoms with Crippen molar-refractivity contribution >= 4 is 17.6 Å². The number of carbonyl (C=O) groups excluding carboxylic acids is 1. The highest BCUT2D eigenvalue weighted by Gasteiger charge is 2.01. The third-order valence-corrected chi connectivity index (χ3v) is 3.47. The molecule has 0 unspecified atom stereocenters. The zero-order valence-electron chi connectivity index (χ0n) is 15.6. The zero-order chi connectivity index (χ0) is 19.5. The van der Waals surface area contributed by atoms with Gasteiger partial charge in [0.05, 0.1) is 13.1 Å². The second-order valence-electron chi connectivity index (χ2n) is 5.81. The molecule has 27 heavy (non-hydrogen) atoms. The number of carbonyl (C=O) groups is 1. The zero-order valence-corrected chi connectivity index (χ0v) is 15.6. The molecular weight excluding hydrogens is 347 g/mol. The number of halogens is 1. The maximum absolute atomic E-state index is 13.2. The van der Waals surface area contributed by atoms with Crippen LogP contribution in [0.3, 0.4) is 0 Å². The largest absolute Gasteiger partial charge is 0.492 e. The highest BCUT2D eigenvalue weighted by atomic mass is 19.1. The summed E-state index contributed by atoms with van der Waals surface area (Å²) < 4.78 is 18.9. The molecule has 1 amide bonds. The number of hydrogen-bond acceptors (Lipinski definition) is 3. The summed E-state index contributed by atoms with van der Waals surface area (Å²) in [5.74, 6) is 0.913. The molecule has 6 nitrogen and oxygen atoms in total. The highest BCUT2D eigenvalue weighted by molar-refractivity contribution is 5.88. The van der Waals surface area contributed by atoms with E-state index in [9.17, 15) is 9.18 Å². The minimum atomic E-state index is -0.268. The normalized spacial score (nSPS) is 11.0. The van der Waals surface area contributed by atoms with E-state index < -0.39 is 0 Å². The smallest absolute Gasteiger partial charge is 0.221 e. The maximum atomic E-state index is 13.2. The fourth-order valence-corrected chi connectivity index (χ4v) is 2.35. The minimum Gasteiger partial charge on any atom is -0.492 e. The fourth-order valence-electron chi connectivity index (χ4n) is 2.35. The molecule has 7 heteroatoms. The van der Waals surface area contributed by atoms with Crippen LogP contribution in [0, 0.1) is 5.82 Å². The van der Waals surface area contributed by atoms with Crippen molar-refractivity contribution in [3.05, 3.63) is 59.9 Å². The summed E-state index contributed by atoms with van der Waals surface area (Å²) in [4.78, 5) is 15.5. The molecule has 0 aliphatic carbocycles. The van der Waals surface area contributed by atoms with Crippen LogP contribution in [-0.2, 0) is 11.3 Å². The van der Waals surface area contributed by atoms with Crippen molar-refractivity contribution in [2.45, 2.75) is 20.4 Å². The molecule has 0 aromatic heterocycles. The van der Waals surface area contributed by atoms with Crippen LogP contribution in [0.1, 0.15) is 19.4 Å². The third-order valence-electron chi connectivity index (χ3n) is 3.47. The summed E-state index contributed by atoms with van der Waals surface area (Å²) >= 11 is 0. The van der Waals surface area contributed by atoms with Crippen molar-refractivity contribution in [3.8, 4) is 5.75 Å². The standard InChI is InChI=1S/C20H25FN4O2/c1-3-22-20(24-14-16-6-4-7-17(21)12-16)23-10-11-27-19-9-5-8-18(13-19)25-15(2)26/h4-9,12-13H,3,10-11,14H2,1-2H3,(H,25,26)(H2,22,23,24). The van der Waals surface area contributed by atoms with E-state index in [2.05, 4.69) is 20.9 Å². The van der Waals surface area contributed by atoms with Gasteiger partial charge < -0.3 is 20.7 Å². The van der Waals surface area contributed by atoms with Crippen molar-refractivity contribution in [3.63, 3.8) is 0 Å². The Labute approximate surface area is 158 Å². The molecule has 0 aliphatic heterocycles. The van der Waals surface area contributed by atoms with E-state index >= 15 is 0 Å². The average molecular weight is 372 g/mol. The monoisotopic (exact) mass is 372 g/mol. The molecule has 0 saturated carbocycles. The lowest BCUT2D eigenvalue weighted by atomic mass is 10.2. The van der Waals surface area contributed by atoms with Crippen LogP contribution in [0.15, 0.2) is 53.5 Å². The summed E-state index contributed by atoms with van der Waals surface area (Å²) in [6, 6.07) is 13.6. The highest BCUT2D eigenvalue weighted by Crippen LogP contribution is 2.17. The lowest BCUT2D eigenvalue weighted by Crippen LogP contribution is -2.39. The van der Waals surface area contributed by atoms with E-state index in [1.54, 1.807) is 18.2 Å². The quantitative estimate of drug-likeness (QED) is 0.378. The molecule has 0 atom stereocenters. The van der Waals surface area contributed by atoms with Gasteiger partial charge in [0.1, 0.15) is 18.2 Å². The van der Waals surface area contributed by atoms with Crippen molar-refractivity contribution in [2.75, 3.05) is 25.0 Å². The second-order valence-corrected chi connectivity index (χ2v) is 5.81. The molecule has 0 fully saturated rings. The molecule has 0 bridgehead atoms. The van der Waals surface area contributed by atoms with Gasteiger partial charge in [0.15, 0.2) is 5.96 Å². The van der Waals surface area contributed by atoms with Gasteiger partial charge in [0.25, 0.3) is 0 Å². The molecule has 3 N–H and O–H groups in total. The van der Waals surface area contributed by atoms with Gasteiger partial charge in [-0.05, 0) is 36.8 Å². The molecule has 2 rings (SSSR count). The Balaban J connectivity index is 1.82. The molecule has 0 radical (unpaired) electrons. The Hall–Kier alpha value is -3.09. The number of aliphatic imine (C=N–C) groups is 1. The molecule has 0 aliphatic rings. The van der Waals surface area contributed by atoms with Crippen LogP contribution in [0.5, 0.6) is 5.75 Å². The predicted molar refractivity (Wildman–Crippen MR) is 105 cm³/mol. The van der Waals surface area contributed by atoms with E-state index in [0.29, 0.717) is 43.6 Å². The number of rotatable bonds is 8. The first-order chi connectivity index (χ1) is 13.1. The van der Waals surface area contributed by atoms with Gasteiger partial charge >= 0.3 is 0 Å². The minimum absolute atomic E-state index is 0.126. The van der Waals surface area contributed by atoms with Crippen molar-refractivity contribution in [2.24, 2.45) is 4.99 Å². The summed E-state index contributed by atoms with van der Waals surface area (Å²) in [6.45, 7) is 5.50. The number of guanidine groups is 1. The molecule has 0 spiro atoms. The Morgan fingerprint density at radius 2 is 1.96 bits per heavy atom. The Morgan fingerprint density at radius 3 is 2.70 bits per heavy atom. The number of anilines is 1. The predicted octanol–water partition coefficient (Wildman–Crippen LogP) is 2.92. The number of amides is 1. The van der Waals surface area contributed by atoms with Gasteiger partial charge in [0, 0.05) is 25.2 Å². The molecular formula is C20H25FN4O2. The first-order valence-corrected chi connectivity index (χ1v) is 8.84. The van der Waals surface area contributed by atoms with E-state index in [-0.39, 0.29) is 11.7 Å². The number of benzene rings is 2. The SMILES string of the molecule is CCNC(=NCc1cccc(F)c1)NCCOc1cccc(NC(C)=O)c1. The molecule has 2 aromatic rings. The van der Waals surface area contributed by atoms with Crippen LogP contribution >= 0.6 is 0 Å². The van der Waals surface area contributed by atoms with Gasteiger partial charge in [-0.2, -0.15) is 0 Å². The summed E-state index contributed by atoms with van der Waals surface area (Å²) in [5.41, 5.74) is 1.50. The van der Waals surface area contributed by atoms with Crippen molar-refractivity contribution < 1.29 is 13.9 Å². The number of hydrogen-bond donors (Lipinski definition) is 3. The maximum Gasteiger partial charge on any atom is 0.221 e. The van der Waals surface area contributed by atoms with Crippen LogP contribution in [0.4, 0.5) is 10.1 Å². The van der Waals surface area contributed by atoms with E-state index in [4.69, 9.17) is 4.74 Å². The van der Waals surface area contributed by atoms with Crippen LogP contribution < -0.4 is 20.7 Å². The summed E-state index contributed by atoms with van der Waals surface area (Å²) in [5, 5.41) is 9.03. The van der Waals surface area contributed by atoms with Gasteiger partial charge in [-0.15, -0.1) is 0 Å². The fraction of sp³-hybridized carbons (Fsp3) is 0.300. The lowest BCUT2D eigenvalue weighted by molar-refractivity contribution is -0.114. The van der Waals surface area contributed by atoms with E-state index in [1.807, 2.05) is 25.1 Å². The van der Waals surface area contributed by atoms with Gasteiger partial charge in [-0.3, -0.25) is 4.79 Å². The molecule has 0 saturated heterocycles. The number of nitrogens with zero attached hydrogens (tertiary/aromatic N) is 1. The summed E-state index contributed by atoms with van der Waals surface area (Å²) in [6.07, 6.45) is 0. The Bertz CT molecular complexity index is 780. The van der Waals surface area contributed by atoms with Gasteiger partial charge in [0.2, 0.25) is 5.91 Å². The molecule has 144 valence electrons. The topological polar surface area (TPSA) is 74.8 Å². The molecule has 2 aromatic carbocycles. The van der Waals surface area contributed by atoms with Crippen molar-refractivity contribution in [1.29, 1.82) is 0 Å². The van der Waals surface area contributed by atoms with Gasteiger partial charge in [-0.1, -0.05) is 18.2 Å². The Kier molecular flexibility index (Phi) is 8.09. The number of nitrogens with one attached hydrogen (secondary N) is 3. The molecule has 0 heterocycles. The lowest BCUT2D eigenvalue weighted by Gasteiger charge is -2.12. The van der Waals surface area contributed by atoms with Crippen LogP contribution in [0.25, 0.3) is 0 Å². The summed E-state index contributed by atoms with van der Waals surface area (Å²) in [7, 11) is 0. The second kappa shape index (κ2) is 10.8. The van der Waals surface area contributed by atoms with Crippen LogP contribution in [-0.4, -0.2) is 31.6 Å². The third kappa shape index (κ3) is 7.77. The van der Waals surface area contributed by atoms with Crippen molar-refractivity contribution in [1.82, 2.24) is 10.6 Å². The average Bonchev–Trinajstić information content (AvgIpc) is 2.63. The first-order valence-electron chi connectivity index (χ1n) is 8.84. The number of ether oxygens (including phenoxy) is 1. The van der Waals surface area contributed by atoms with E-state index in [1.165, 1.54) is 19.1 Å². The Morgan fingerprint density at radius 1 is 1.15 bits per heavy atom. The first kappa shape index (κ1) is 20.2. The van der Waals surface area contributed by atoms with E-state index in [0.717, 1.165) is 5.56 Å². The van der Waals surface area contributed by atoms with Crippen LogP contribution in [0.2, 0.25) is 0 Å². The van der Waals surface area contributed by atoms with Gasteiger partial charge in [-0.25, -0.2) is 9.38 Å².